The smallest absolute Gasteiger partial charge is 0.257 e. The molecule has 0 spiro atoms. The van der Waals surface area contributed by atoms with Crippen LogP contribution in [0.5, 0.6) is 5.75 Å². The van der Waals surface area contributed by atoms with Crippen molar-refractivity contribution in [2.75, 3.05) is 12.4 Å². The minimum absolute atomic E-state index is 0.117. The van der Waals surface area contributed by atoms with E-state index in [1.165, 1.54) is 7.11 Å². The lowest BCUT2D eigenvalue weighted by Gasteiger charge is -2.12. The van der Waals surface area contributed by atoms with Gasteiger partial charge in [0.05, 0.1) is 23.3 Å². The minimum Gasteiger partial charge on any atom is -0.496 e. The quantitative estimate of drug-likeness (QED) is 0.446. The Hall–Kier alpha value is -2.67. The second kappa shape index (κ2) is 9.89. The molecule has 7 heteroatoms. The van der Waals surface area contributed by atoms with Crippen LogP contribution in [0.4, 0.5) is 5.69 Å². The van der Waals surface area contributed by atoms with Gasteiger partial charge in [-0.25, -0.2) is 0 Å². The number of hydrogen-bond acceptors (Lipinski definition) is 4. The van der Waals surface area contributed by atoms with Gasteiger partial charge in [0.25, 0.3) is 5.91 Å². The highest BCUT2D eigenvalue weighted by Gasteiger charge is 2.16. The molecule has 3 aromatic carbocycles. The van der Waals surface area contributed by atoms with Crippen molar-refractivity contribution in [3.05, 3.63) is 92.4 Å². The number of hydrogen-bond donors (Lipinski definition) is 2. The van der Waals surface area contributed by atoms with Gasteiger partial charge in [0.1, 0.15) is 5.75 Å². The number of rotatable bonds is 7. The first-order chi connectivity index (χ1) is 14.4. The van der Waals surface area contributed by atoms with Gasteiger partial charge in [0.2, 0.25) is 0 Å². The maximum absolute atomic E-state index is 12.9. The second-order valence-corrected chi connectivity index (χ2v) is 7.94. The third-order valence-electron chi connectivity index (χ3n) is 4.55. The van der Waals surface area contributed by atoms with Crippen molar-refractivity contribution < 1.29 is 14.3 Å². The van der Waals surface area contributed by atoms with Gasteiger partial charge in [0, 0.05) is 23.1 Å². The molecule has 0 fully saturated rings. The van der Waals surface area contributed by atoms with Crippen molar-refractivity contribution in [2.24, 2.45) is 5.73 Å². The molecule has 0 radical (unpaired) electrons. The summed E-state index contributed by atoms with van der Waals surface area (Å²) in [6.07, 6.45) is 0.214. The first-order valence-electron chi connectivity index (χ1n) is 9.16. The topological polar surface area (TPSA) is 81.4 Å². The van der Waals surface area contributed by atoms with Gasteiger partial charge in [-0.05, 0) is 53.6 Å². The maximum Gasteiger partial charge on any atom is 0.257 e. The molecule has 3 rings (SSSR count). The van der Waals surface area contributed by atoms with Crippen molar-refractivity contribution in [1.29, 1.82) is 0 Å². The summed E-state index contributed by atoms with van der Waals surface area (Å²) >= 11 is 9.55. The Morgan fingerprint density at radius 2 is 1.70 bits per heavy atom. The predicted octanol–water partition coefficient (Wildman–Crippen LogP) is 5.25. The van der Waals surface area contributed by atoms with Crippen LogP contribution in [0.15, 0.2) is 65.1 Å². The zero-order valence-electron chi connectivity index (χ0n) is 16.2. The summed E-state index contributed by atoms with van der Waals surface area (Å²) in [6, 6.07) is 17.5. The van der Waals surface area contributed by atoms with E-state index in [1.807, 2.05) is 24.3 Å². The SMILES string of the molecule is COc1ccc(NC(=O)c2cc(CN)ccc2Cl)cc1C(=O)Cc1ccc(Br)cc1. The third-order valence-corrected chi connectivity index (χ3v) is 5.41. The molecule has 0 aromatic heterocycles. The third kappa shape index (κ3) is 5.27. The van der Waals surface area contributed by atoms with E-state index in [0.717, 1.165) is 15.6 Å². The molecular weight excluding hydrogens is 468 g/mol. The van der Waals surface area contributed by atoms with Gasteiger partial charge in [-0.3, -0.25) is 9.59 Å². The number of ether oxygens (including phenoxy) is 1. The zero-order chi connectivity index (χ0) is 21.7. The van der Waals surface area contributed by atoms with Gasteiger partial charge in [-0.2, -0.15) is 0 Å². The molecule has 0 aliphatic rings. The van der Waals surface area contributed by atoms with E-state index in [4.69, 9.17) is 22.1 Å². The van der Waals surface area contributed by atoms with Crippen LogP contribution in [0, 0.1) is 0 Å². The molecule has 5 nitrogen and oxygen atoms in total. The Bertz CT molecular complexity index is 1080. The van der Waals surface area contributed by atoms with E-state index in [1.54, 1.807) is 36.4 Å². The maximum atomic E-state index is 12.9. The number of methoxy groups -OCH3 is 1. The molecule has 0 saturated heterocycles. The fraction of sp³-hybridized carbons (Fsp3) is 0.130. The monoisotopic (exact) mass is 486 g/mol. The first kappa shape index (κ1) is 22.0. The van der Waals surface area contributed by atoms with Crippen LogP contribution in [-0.4, -0.2) is 18.8 Å². The van der Waals surface area contributed by atoms with E-state index in [9.17, 15) is 9.59 Å². The van der Waals surface area contributed by atoms with Gasteiger partial charge in [0.15, 0.2) is 5.78 Å². The summed E-state index contributed by atoms with van der Waals surface area (Å²) in [5.41, 5.74) is 8.50. The van der Waals surface area contributed by atoms with Gasteiger partial charge >= 0.3 is 0 Å². The van der Waals surface area contributed by atoms with Crippen molar-refractivity contribution in [3.8, 4) is 5.75 Å². The number of ketones is 1. The number of halogens is 2. The number of carbonyl (C=O) groups excluding carboxylic acids is 2. The van der Waals surface area contributed by atoms with Crippen molar-refractivity contribution in [2.45, 2.75) is 13.0 Å². The molecule has 0 heterocycles. The second-order valence-electron chi connectivity index (χ2n) is 6.61. The van der Waals surface area contributed by atoms with Crippen molar-refractivity contribution >= 4 is 44.9 Å². The number of carbonyl (C=O) groups is 2. The Balaban J connectivity index is 1.84. The fourth-order valence-electron chi connectivity index (χ4n) is 2.96. The summed E-state index contributed by atoms with van der Waals surface area (Å²) in [4.78, 5) is 25.6. The van der Waals surface area contributed by atoms with E-state index < -0.39 is 0 Å². The van der Waals surface area contributed by atoms with Gasteiger partial charge < -0.3 is 15.8 Å². The summed E-state index contributed by atoms with van der Waals surface area (Å²) in [5, 5.41) is 3.11. The molecule has 3 N–H and O–H groups in total. The van der Waals surface area contributed by atoms with Crippen LogP contribution in [0.1, 0.15) is 31.8 Å². The van der Waals surface area contributed by atoms with Crippen LogP contribution in [0.2, 0.25) is 5.02 Å². The van der Waals surface area contributed by atoms with Crippen LogP contribution >= 0.6 is 27.5 Å². The van der Waals surface area contributed by atoms with Crippen molar-refractivity contribution in [1.82, 2.24) is 0 Å². The molecule has 3 aromatic rings. The van der Waals surface area contributed by atoms with E-state index in [2.05, 4.69) is 21.2 Å². The summed E-state index contributed by atoms with van der Waals surface area (Å²) < 4.78 is 6.28. The Morgan fingerprint density at radius 1 is 1.00 bits per heavy atom. The van der Waals surface area contributed by atoms with Crippen LogP contribution in [0.3, 0.4) is 0 Å². The fourth-order valence-corrected chi connectivity index (χ4v) is 3.43. The predicted molar refractivity (Wildman–Crippen MR) is 122 cm³/mol. The molecule has 0 saturated carbocycles. The number of Topliss-reactive ketones (excluding diaryl/α,β-unsaturated/α-hetero) is 1. The standard InChI is InChI=1S/C23H20BrClN2O3/c1-30-22-9-7-17(27-23(29)18-10-15(13-26)4-8-20(18)25)12-19(22)21(28)11-14-2-5-16(24)6-3-14/h2-10,12H,11,13,26H2,1H3,(H,27,29). The van der Waals surface area contributed by atoms with Crippen LogP contribution in [-0.2, 0) is 13.0 Å². The highest BCUT2D eigenvalue weighted by molar-refractivity contribution is 9.10. The number of nitrogens with two attached hydrogens (primary N) is 1. The molecular formula is C23H20BrClN2O3. The summed E-state index contributed by atoms with van der Waals surface area (Å²) in [6.45, 7) is 0.300. The molecule has 30 heavy (non-hydrogen) atoms. The highest BCUT2D eigenvalue weighted by Crippen LogP contribution is 2.26. The zero-order valence-corrected chi connectivity index (χ0v) is 18.6. The summed E-state index contributed by atoms with van der Waals surface area (Å²) in [7, 11) is 1.50. The number of nitrogens with one attached hydrogen (secondary N) is 1. The van der Waals surface area contributed by atoms with Crippen LogP contribution in [0.25, 0.3) is 0 Å². The molecule has 0 aliphatic heterocycles. The van der Waals surface area contributed by atoms with E-state index >= 15 is 0 Å². The highest BCUT2D eigenvalue weighted by atomic mass is 79.9. The first-order valence-corrected chi connectivity index (χ1v) is 10.3. The van der Waals surface area contributed by atoms with Crippen molar-refractivity contribution in [3.63, 3.8) is 0 Å². The minimum atomic E-state index is -0.383. The Labute approximate surface area is 188 Å². The lowest BCUT2D eigenvalue weighted by molar-refractivity contribution is 0.0987. The largest absolute Gasteiger partial charge is 0.496 e. The number of benzene rings is 3. The Kier molecular flexibility index (Phi) is 7.26. The number of anilines is 1. The van der Waals surface area contributed by atoms with E-state index in [-0.39, 0.29) is 18.1 Å². The van der Waals surface area contributed by atoms with Gasteiger partial charge in [-0.15, -0.1) is 0 Å². The van der Waals surface area contributed by atoms with Gasteiger partial charge in [-0.1, -0.05) is 45.7 Å². The molecule has 0 atom stereocenters. The molecule has 154 valence electrons. The average molecular weight is 488 g/mol. The molecule has 0 aliphatic carbocycles. The van der Waals surface area contributed by atoms with E-state index in [0.29, 0.717) is 34.1 Å². The normalized spacial score (nSPS) is 10.5. The lowest BCUT2D eigenvalue weighted by Crippen LogP contribution is -2.14. The number of amides is 1. The molecule has 0 bridgehead atoms. The molecule has 0 unspecified atom stereocenters. The lowest BCUT2D eigenvalue weighted by atomic mass is 10.0. The Morgan fingerprint density at radius 3 is 2.37 bits per heavy atom. The van der Waals surface area contributed by atoms with Crippen LogP contribution < -0.4 is 15.8 Å². The average Bonchev–Trinajstić information content (AvgIpc) is 2.75. The summed E-state index contributed by atoms with van der Waals surface area (Å²) in [5.74, 6) is -0.0570. The molecule has 1 amide bonds.